The van der Waals surface area contributed by atoms with Gasteiger partial charge in [0.05, 0.1) is 5.75 Å². The van der Waals surface area contributed by atoms with E-state index in [-0.39, 0.29) is 47.5 Å². The standard InChI is InChI=1S/C13H20O5S4/c1-9(20)15-5-13(6-16-10(2)21,7-17-11(3)22)8-18-12(14)4-19/h19-22H,1-8H2. The van der Waals surface area contributed by atoms with E-state index in [1.165, 1.54) is 0 Å². The number of hydrogen-bond acceptors (Lipinski definition) is 9. The van der Waals surface area contributed by atoms with Crippen molar-refractivity contribution in [2.45, 2.75) is 0 Å². The summed E-state index contributed by atoms with van der Waals surface area (Å²) in [6.07, 6.45) is 0. The van der Waals surface area contributed by atoms with E-state index in [9.17, 15) is 4.79 Å². The lowest BCUT2D eigenvalue weighted by molar-refractivity contribution is -0.148. The largest absolute Gasteiger partial charge is 0.487 e. The maximum atomic E-state index is 11.4. The van der Waals surface area contributed by atoms with Crippen molar-refractivity contribution >= 4 is 56.5 Å². The summed E-state index contributed by atoms with van der Waals surface area (Å²) in [6, 6.07) is 0. The maximum Gasteiger partial charge on any atom is 0.315 e. The molecule has 0 saturated carbocycles. The van der Waals surface area contributed by atoms with Gasteiger partial charge in [-0.25, -0.2) is 0 Å². The van der Waals surface area contributed by atoms with Crippen LogP contribution < -0.4 is 0 Å². The Morgan fingerprint density at radius 2 is 1.09 bits per heavy atom. The van der Waals surface area contributed by atoms with Crippen LogP contribution in [0.15, 0.2) is 35.0 Å². The van der Waals surface area contributed by atoms with Crippen LogP contribution >= 0.6 is 50.5 Å². The Morgan fingerprint density at radius 3 is 1.36 bits per heavy atom. The fourth-order valence-electron chi connectivity index (χ4n) is 1.24. The zero-order valence-electron chi connectivity index (χ0n) is 12.0. The van der Waals surface area contributed by atoms with Gasteiger partial charge in [-0.15, -0.1) is 37.9 Å². The molecule has 22 heavy (non-hydrogen) atoms. The quantitative estimate of drug-likeness (QED) is 0.237. The van der Waals surface area contributed by atoms with Crippen LogP contribution in [0.25, 0.3) is 0 Å². The summed E-state index contributed by atoms with van der Waals surface area (Å²) >= 11 is 15.8. The number of carbonyl (C=O) groups is 1. The van der Waals surface area contributed by atoms with Crippen LogP contribution in [0.5, 0.6) is 0 Å². The monoisotopic (exact) mass is 384 g/mol. The van der Waals surface area contributed by atoms with E-state index in [2.05, 4.69) is 70.3 Å². The van der Waals surface area contributed by atoms with E-state index in [1.807, 2.05) is 0 Å². The highest BCUT2D eigenvalue weighted by Gasteiger charge is 2.36. The second kappa shape index (κ2) is 11.1. The second-order valence-corrected chi connectivity index (χ2v) is 6.18. The molecule has 0 unspecified atom stereocenters. The van der Waals surface area contributed by atoms with Gasteiger partial charge in [-0.2, -0.15) is 12.6 Å². The lowest BCUT2D eigenvalue weighted by Gasteiger charge is -2.32. The Balaban J connectivity index is 5.06. The van der Waals surface area contributed by atoms with Gasteiger partial charge in [-0.3, -0.25) is 4.79 Å². The molecule has 0 atom stereocenters. The average Bonchev–Trinajstić information content (AvgIpc) is 2.45. The minimum atomic E-state index is -0.846. The van der Waals surface area contributed by atoms with Gasteiger partial charge in [-0.05, 0) is 0 Å². The number of carbonyl (C=O) groups excluding carboxylic acids is 1. The molecule has 0 fully saturated rings. The van der Waals surface area contributed by atoms with Gasteiger partial charge in [0.2, 0.25) is 0 Å². The summed E-state index contributed by atoms with van der Waals surface area (Å²) in [5, 5.41) is 0.623. The van der Waals surface area contributed by atoms with Crippen LogP contribution in [0.4, 0.5) is 0 Å². The van der Waals surface area contributed by atoms with Gasteiger partial charge in [0.15, 0.2) is 0 Å². The molecule has 126 valence electrons. The molecule has 5 nitrogen and oxygen atoms in total. The fraction of sp³-hybridized carbons (Fsp3) is 0.462. The lowest BCUT2D eigenvalue weighted by Crippen LogP contribution is -2.42. The molecule has 0 aromatic carbocycles. The Labute approximate surface area is 152 Å². The molecule has 0 amide bonds. The molecule has 0 radical (unpaired) electrons. The highest BCUT2D eigenvalue weighted by molar-refractivity contribution is 7.84. The Hall–Kier alpha value is -0.510. The van der Waals surface area contributed by atoms with Crippen molar-refractivity contribution in [2.24, 2.45) is 5.41 Å². The van der Waals surface area contributed by atoms with E-state index in [0.717, 1.165) is 0 Å². The van der Waals surface area contributed by atoms with Crippen LogP contribution in [-0.2, 0) is 23.7 Å². The minimum absolute atomic E-state index is 0.0322. The molecular weight excluding hydrogens is 364 g/mol. The van der Waals surface area contributed by atoms with Gasteiger partial charge < -0.3 is 18.9 Å². The van der Waals surface area contributed by atoms with E-state index in [1.54, 1.807) is 0 Å². The van der Waals surface area contributed by atoms with Crippen molar-refractivity contribution in [1.29, 1.82) is 0 Å². The molecule has 0 bridgehead atoms. The molecule has 0 saturated heterocycles. The van der Waals surface area contributed by atoms with Crippen LogP contribution in [-0.4, -0.2) is 38.1 Å². The Morgan fingerprint density at radius 1 is 0.773 bits per heavy atom. The van der Waals surface area contributed by atoms with E-state index in [4.69, 9.17) is 18.9 Å². The molecule has 9 heteroatoms. The first-order valence-electron chi connectivity index (χ1n) is 5.99. The van der Waals surface area contributed by atoms with E-state index >= 15 is 0 Å². The summed E-state index contributed by atoms with van der Waals surface area (Å²) in [5.41, 5.74) is -0.846. The van der Waals surface area contributed by atoms with Crippen molar-refractivity contribution in [1.82, 2.24) is 0 Å². The van der Waals surface area contributed by atoms with Crippen molar-refractivity contribution in [3.05, 3.63) is 35.0 Å². The van der Waals surface area contributed by atoms with E-state index in [0.29, 0.717) is 0 Å². The predicted molar refractivity (Wildman–Crippen MR) is 99.5 cm³/mol. The number of rotatable bonds is 12. The molecule has 0 aromatic rings. The lowest BCUT2D eigenvalue weighted by atomic mass is 9.92. The van der Waals surface area contributed by atoms with Crippen LogP contribution in [0.3, 0.4) is 0 Å². The van der Waals surface area contributed by atoms with Crippen LogP contribution in [0.1, 0.15) is 0 Å². The first-order valence-corrected chi connectivity index (χ1v) is 7.96. The maximum absolute atomic E-state index is 11.4. The third-order valence-electron chi connectivity index (χ3n) is 2.30. The molecule has 0 rings (SSSR count). The van der Waals surface area contributed by atoms with Gasteiger partial charge in [0.25, 0.3) is 0 Å². The number of ether oxygens (including phenoxy) is 4. The van der Waals surface area contributed by atoms with Gasteiger partial charge in [0.1, 0.15) is 47.1 Å². The summed E-state index contributed by atoms with van der Waals surface area (Å²) in [7, 11) is 0. The van der Waals surface area contributed by atoms with E-state index < -0.39 is 11.4 Å². The first kappa shape index (κ1) is 21.5. The van der Waals surface area contributed by atoms with Crippen molar-refractivity contribution in [3.8, 4) is 0 Å². The van der Waals surface area contributed by atoms with Gasteiger partial charge in [0, 0.05) is 0 Å². The minimum Gasteiger partial charge on any atom is -0.487 e. The van der Waals surface area contributed by atoms with Gasteiger partial charge in [-0.1, -0.05) is 19.7 Å². The predicted octanol–water partition coefficient (Wildman–Crippen LogP) is 2.70. The zero-order valence-corrected chi connectivity index (χ0v) is 15.6. The van der Waals surface area contributed by atoms with Crippen LogP contribution in [0.2, 0.25) is 0 Å². The highest BCUT2D eigenvalue weighted by Crippen LogP contribution is 2.25. The Kier molecular flexibility index (Phi) is 10.8. The topological polar surface area (TPSA) is 54.0 Å². The third kappa shape index (κ3) is 10.3. The van der Waals surface area contributed by atoms with Crippen molar-refractivity contribution in [3.63, 3.8) is 0 Å². The number of thiol groups is 4. The molecule has 0 N–H and O–H groups in total. The fourth-order valence-corrected chi connectivity index (χ4v) is 1.52. The summed E-state index contributed by atoms with van der Waals surface area (Å²) < 4.78 is 21.1. The average molecular weight is 385 g/mol. The zero-order chi connectivity index (χ0) is 17.2. The normalized spacial score (nSPS) is 10.5. The molecular formula is C13H20O5S4. The molecule has 0 aromatic heterocycles. The van der Waals surface area contributed by atoms with Crippen molar-refractivity contribution in [2.75, 3.05) is 32.2 Å². The second-order valence-electron chi connectivity index (χ2n) is 4.37. The van der Waals surface area contributed by atoms with Crippen molar-refractivity contribution < 1.29 is 23.7 Å². The number of esters is 1. The number of hydrogen-bond donors (Lipinski definition) is 4. The highest BCUT2D eigenvalue weighted by atomic mass is 32.1. The van der Waals surface area contributed by atoms with Gasteiger partial charge >= 0.3 is 5.97 Å². The molecule has 0 aliphatic heterocycles. The third-order valence-corrected chi connectivity index (χ3v) is 2.95. The summed E-state index contributed by atoms with van der Waals surface area (Å²) in [4.78, 5) is 11.4. The molecule has 0 aliphatic rings. The summed E-state index contributed by atoms with van der Waals surface area (Å²) in [5.74, 6) is -0.525. The molecule has 0 aliphatic carbocycles. The SMILES string of the molecule is C=C(S)OCC(COC(=C)S)(COC(=C)S)COC(=O)CS. The first-order chi connectivity index (χ1) is 10.2. The smallest absolute Gasteiger partial charge is 0.315 e. The molecule has 0 heterocycles. The molecule has 0 spiro atoms. The summed E-state index contributed by atoms with van der Waals surface area (Å²) in [6.45, 7) is 10.8. The van der Waals surface area contributed by atoms with Crippen LogP contribution in [0, 0.1) is 5.41 Å². The Bertz CT molecular complexity index is 379.